The van der Waals surface area contributed by atoms with Crippen molar-refractivity contribution in [3.05, 3.63) is 30.2 Å². The van der Waals surface area contributed by atoms with E-state index in [0.717, 1.165) is 5.69 Å². The maximum atomic E-state index is 5.14. The van der Waals surface area contributed by atoms with Gasteiger partial charge < -0.3 is 13.7 Å². The Balaban J connectivity index is 2.23. The summed E-state index contributed by atoms with van der Waals surface area (Å²) in [7, 11) is 1.61. The second kappa shape index (κ2) is 3.45. The first-order chi connectivity index (χ1) is 6.40. The molecule has 0 saturated heterocycles. The molecule has 0 bridgehead atoms. The zero-order valence-corrected chi connectivity index (χ0v) is 7.19. The molecule has 0 aliphatic heterocycles. The highest BCUT2D eigenvalue weighted by Gasteiger charge is 2.07. The van der Waals surface area contributed by atoms with Crippen LogP contribution in [0.15, 0.2) is 33.4 Å². The van der Waals surface area contributed by atoms with E-state index in [1.807, 2.05) is 6.07 Å². The van der Waals surface area contributed by atoms with Gasteiger partial charge in [0.05, 0.1) is 12.9 Å². The fraction of sp³-hybridized carbons (Fsp3) is 0.222. The van der Waals surface area contributed by atoms with E-state index in [0.29, 0.717) is 18.1 Å². The van der Waals surface area contributed by atoms with E-state index >= 15 is 0 Å². The first-order valence-electron chi connectivity index (χ1n) is 3.88. The summed E-state index contributed by atoms with van der Waals surface area (Å²) < 4.78 is 15.1. The fourth-order valence-electron chi connectivity index (χ4n) is 1.06. The maximum absolute atomic E-state index is 5.14. The van der Waals surface area contributed by atoms with Crippen LogP contribution in [0, 0.1) is 0 Å². The molecule has 13 heavy (non-hydrogen) atoms. The van der Waals surface area contributed by atoms with E-state index in [1.54, 1.807) is 25.5 Å². The number of ether oxygens (including phenoxy) is 1. The molecule has 2 aromatic rings. The number of nitrogens with zero attached hydrogens (tertiary/aromatic N) is 1. The number of hydrogen-bond donors (Lipinski definition) is 0. The Morgan fingerprint density at radius 3 is 3.08 bits per heavy atom. The highest BCUT2D eigenvalue weighted by molar-refractivity contribution is 5.49. The van der Waals surface area contributed by atoms with Gasteiger partial charge in [-0.3, -0.25) is 0 Å². The molecule has 0 spiro atoms. The number of methoxy groups -OCH3 is 1. The summed E-state index contributed by atoms with van der Waals surface area (Å²) in [4.78, 5) is 0. The Labute approximate surface area is 75.1 Å². The molecule has 2 aromatic heterocycles. The number of rotatable bonds is 3. The zero-order valence-electron chi connectivity index (χ0n) is 7.19. The van der Waals surface area contributed by atoms with Crippen molar-refractivity contribution in [2.45, 2.75) is 6.61 Å². The van der Waals surface area contributed by atoms with Gasteiger partial charge in [0.25, 0.3) is 0 Å². The molecular formula is C9H9NO3. The van der Waals surface area contributed by atoms with Crippen molar-refractivity contribution < 1.29 is 13.7 Å². The van der Waals surface area contributed by atoms with E-state index in [1.165, 1.54) is 0 Å². The summed E-state index contributed by atoms with van der Waals surface area (Å²) >= 11 is 0. The van der Waals surface area contributed by atoms with Crippen LogP contribution in [0.5, 0.6) is 0 Å². The molecule has 4 heteroatoms. The Morgan fingerprint density at radius 2 is 2.38 bits per heavy atom. The van der Waals surface area contributed by atoms with Gasteiger partial charge in [-0.25, -0.2) is 0 Å². The summed E-state index contributed by atoms with van der Waals surface area (Å²) in [6.45, 7) is 0.449. The second-order valence-electron chi connectivity index (χ2n) is 2.59. The van der Waals surface area contributed by atoms with Gasteiger partial charge in [0, 0.05) is 13.2 Å². The van der Waals surface area contributed by atoms with Gasteiger partial charge in [0.2, 0.25) is 5.76 Å². The Kier molecular flexibility index (Phi) is 2.14. The van der Waals surface area contributed by atoms with Crippen molar-refractivity contribution in [2.24, 2.45) is 0 Å². The SMILES string of the molecule is COCc1cc(-c2ccco2)on1. The van der Waals surface area contributed by atoms with Crippen LogP contribution >= 0.6 is 0 Å². The monoisotopic (exact) mass is 179 g/mol. The van der Waals surface area contributed by atoms with Crippen LogP contribution in [-0.2, 0) is 11.3 Å². The largest absolute Gasteiger partial charge is 0.461 e. The summed E-state index contributed by atoms with van der Waals surface area (Å²) in [5.74, 6) is 1.30. The van der Waals surface area contributed by atoms with Crippen LogP contribution < -0.4 is 0 Å². The summed E-state index contributed by atoms with van der Waals surface area (Å²) in [6.07, 6.45) is 1.59. The maximum Gasteiger partial charge on any atom is 0.202 e. The lowest BCUT2D eigenvalue weighted by molar-refractivity contribution is 0.177. The lowest BCUT2D eigenvalue weighted by Gasteiger charge is -1.87. The van der Waals surface area contributed by atoms with Crippen LogP contribution in [0.25, 0.3) is 11.5 Å². The third-order valence-electron chi connectivity index (χ3n) is 1.62. The third-order valence-corrected chi connectivity index (χ3v) is 1.62. The molecule has 0 amide bonds. The number of furan rings is 1. The Morgan fingerprint density at radius 1 is 1.46 bits per heavy atom. The quantitative estimate of drug-likeness (QED) is 0.723. The predicted octanol–water partition coefficient (Wildman–Crippen LogP) is 2.08. The molecule has 0 fully saturated rings. The van der Waals surface area contributed by atoms with Crippen LogP contribution in [-0.4, -0.2) is 12.3 Å². The van der Waals surface area contributed by atoms with Gasteiger partial charge in [-0.05, 0) is 12.1 Å². The molecule has 0 N–H and O–H groups in total. The molecule has 68 valence electrons. The van der Waals surface area contributed by atoms with E-state index in [9.17, 15) is 0 Å². The van der Waals surface area contributed by atoms with Gasteiger partial charge in [-0.1, -0.05) is 5.16 Å². The lowest BCUT2D eigenvalue weighted by atomic mass is 10.3. The molecular weight excluding hydrogens is 170 g/mol. The zero-order chi connectivity index (χ0) is 9.10. The minimum absolute atomic E-state index is 0.449. The normalized spacial score (nSPS) is 10.5. The van der Waals surface area contributed by atoms with Crippen LogP contribution in [0.2, 0.25) is 0 Å². The minimum atomic E-state index is 0.449. The highest BCUT2D eigenvalue weighted by Crippen LogP contribution is 2.20. The second-order valence-corrected chi connectivity index (χ2v) is 2.59. The third kappa shape index (κ3) is 1.62. The average Bonchev–Trinajstić information content (AvgIpc) is 2.70. The highest BCUT2D eigenvalue weighted by atomic mass is 16.5. The molecule has 4 nitrogen and oxygen atoms in total. The van der Waals surface area contributed by atoms with Gasteiger partial charge in [-0.2, -0.15) is 0 Å². The van der Waals surface area contributed by atoms with Crippen molar-refractivity contribution in [1.29, 1.82) is 0 Å². The van der Waals surface area contributed by atoms with E-state index in [2.05, 4.69) is 5.16 Å². The van der Waals surface area contributed by atoms with Gasteiger partial charge in [0.15, 0.2) is 5.76 Å². The number of hydrogen-bond acceptors (Lipinski definition) is 4. The van der Waals surface area contributed by atoms with Gasteiger partial charge in [-0.15, -0.1) is 0 Å². The van der Waals surface area contributed by atoms with Crippen LogP contribution in [0.3, 0.4) is 0 Å². The number of aromatic nitrogens is 1. The first kappa shape index (κ1) is 8.07. The molecule has 0 aliphatic carbocycles. The first-order valence-corrected chi connectivity index (χ1v) is 3.88. The molecule has 2 rings (SSSR count). The molecule has 0 radical (unpaired) electrons. The smallest absolute Gasteiger partial charge is 0.202 e. The Bertz CT molecular complexity index is 364. The van der Waals surface area contributed by atoms with Crippen molar-refractivity contribution in [3.8, 4) is 11.5 Å². The summed E-state index contributed by atoms with van der Waals surface area (Å²) in [5.41, 5.74) is 0.758. The van der Waals surface area contributed by atoms with Crippen LogP contribution in [0.1, 0.15) is 5.69 Å². The van der Waals surface area contributed by atoms with Crippen molar-refractivity contribution in [3.63, 3.8) is 0 Å². The van der Waals surface area contributed by atoms with E-state index in [-0.39, 0.29) is 0 Å². The summed E-state index contributed by atoms with van der Waals surface area (Å²) in [5, 5.41) is 3.80. The fourth-order valence-corrected chi connectivity index (χ4v) is 1.06. The van der Waals surface area contributed by atoms with Crippen LogP contribution in [0.4, 0.5) is 0 Å². The van der Waals surface area contributed by atoms with Gasteiger partial charge >= 0.3 is 0 Å². The molecule has 0 saturated carbocycles. The molecule has 2 heterocycles. The predicted molar refractivity (Wildman–Crippen MR) is 44.9 cm³/mol. The molecule has 0 aromatic carbocycles. The molecule has 0 unspecified atom stereocenters. The average molecular weight is 179 g/mol. The van der Waals surface area contributed by atoms with E-state index < -0.39 is 0 Å². The lowest BCUT2D eigenvalue weighted by Crippen LogP contribution is -1.84. The molecule has 0 aliphatic rings. The Hall–Kier alpha value is -1.55. The molecule has 0 atom stereocenters. The standard InChI is InChI=1S/C9H9NO3/c1-11-6-7-5-9(13-10-7)8-3-2-4-12-8/h2-5H,6H2,1H3. The van der Waals surface area contributed by atoms with E-state index in [4.69, 9.17) is 13.7 Å². The van der Waals surface area contributed by atoms with Crippen molar-refractivity contribution in [2.75, 3.05) is 7.11 Å². The topological polar surface area (TPSA) is 48.4 Å². The van der Waals surface area contributed by atoms with Crippen molar-refractivity contribution >= 4 is 0 Å². The van der Waals surface area contributed by atoms with Gasteiger partial charge in [0.1, 0.15) is 5.69 Å². The summed E-state index contributed by atoms with van der Waals surface area (Å²) in [6, 6.07) is 5.41. The van der Waals surface area contributed by atoms with Crippen molar-refractivity contribution in [1.82, 2.24) is 5.16 Å². The minimum Gasteiger partial charge on any atom is -0.461 e.